The number of benzene rings is 1. The van der Waals surface area contributed by atoms with E-state index in [0.717, 1.165) is 4.90 Å². The predicted molar refractivity (Wildman–Crippen MR) is 86.8 cm³/mol. The Morgan fingerprint density at radius 3 is 2.09 bits per heavy atom. The van der Waals surface area contributed by atoms with Crippen LogP contribution in [0.25, 0.3) is 0 Å². The van der Waals surface area contributed by atoms with E-state index in [0.29, 0.717) is 24.2 Å². The van der Waals surface area contributed by atoms with Gasteiger partial charge in [-0.25, -0.2) is 0 Å². The summed E-state index contributed by atoms with van der Waals surface area (Å²) >= 11 is 0. The van der Waals surface area contributed by atoms with Crippen molar-refractivity contribution in [2.24, 2.45) is 17.6 Å². The molecule has 124 valence electrons. The van der Waals surface area contributed by atoms with Gasteiger partial charge in [0.15, 0.2) is 0 Å². The zero-order valence-electron chi connectivity index (χ0n) is 13.7. The molecule has 1 heterocycles. The number of nitrogens with two attached hydrogens (primary N) is 1. The Balaban J connectivity index is 2.24. The maximum Gasteiger partial charge on any atom is 0.262 e. The van der Waals surface area contributed by atoms with Gasteiger partial charge in [0.2, 0.25) is 5.91 Å². The second-order valence-electron chi connectivity index (χ2n) is 6.30. The quantitative estimate of drug-likeness (QED) is 0.766. The van der Waals surface area contributed by atoms with E-state index in [1.807, 2.05) is 20.8 Å². The monoisotopic (exact) mass is 317 g/mol. The number of hydrogen-bond donors (Lipinski definition) is 2. The van der Waals surface area contributed by atoms with Gasteiger partial charge in [-0.1, -0.05) is 32.9 Å². The Kier molecular flexibility index (Phi) is 5.15. The lowest BCUT2D eigenvalue weighted by molar-refractivity contribution is -0.126. The van der Waals surface area contributed by atoms with Crippen molar-refractivity contribution in [3.05, 3.63) is 35.4 Å². The van der Waals surface area contributed by atoms with Crippen molar-refractivity contribution < 1.29 is 14.4 Å². The van der Waals surface area contributed by atoms with Gasteiger partial charge < -0.3 is 11.1 Å². The zero-order chi connectivity index (χ0) is 17.1. The number of nitrogens with one attached hydrogen (secondary N) is 1. The molecule has 2 atom stereocenters. The fourth-order valence-electron chi connectivity index (χ4n) is 2.64. The number of hydrogen-bond acceptors (Lipinski definition) is 4. The molecule has 0 spiro atoms. The molecule has 0 bridgehead atoms. The molecule has 6 heteroatoms. The van der Waals surface area contributed by atoms with Crippen molar-refractivity contribution in [1.82, 2.24) is 10.2 Å². The highest BCUT2D eigenvalue weighted by atomic mass is 16.2. The van der Waals surface area contributed by atoms with Gasteiger partial charge >= 0.3 is 0 Å². The molecule has 1 aromatic carbocycles. The molecule has 6 nitrogen and oxygen atoms in total. The molecule has 3 amide bonds. The van der Waals surface area contributed by atoms with Crippen LogP contribution in [0, 0.1) is 11.8 Å². The van der Waals surface area contributed by atoms with Gasteiger partial charge in [0, 0.05) is 6.54 Å². The Morgan fingerprint density at radius 2 is 1.65 bits per heavy atom. The molecular weight excluding hydrogens is 294 g/mol. The summed E-state index contributed by atoms with van der Waals surface area (Å²) in [4.78, 5) is 38.7. The molecule has 0 saturated carbocycles. The van der Waals surface area contributed by atoms with Gasteiger partial charge in [-0.15, -0.1) is 0 Å². The van der Waals surface area contributed by atoms with Gasteiger partial charge in [-0.3, -0.25) is 19.3 Å². The molecule has 0 fully saturated rings. The van der Waals surface area contributed by atoms with Crippen LogP contribution >= 0.6 is 0 Å². The first-order chi connectivity index (χ1) is 10.9. The lowest BCUT2D eigenvalue weighted by atomic mass is 10.0. The van der Waals surface area contributed by atoms with Gasteiger partial charge in [0.05, 0.1) is 11.1 Å². The summed E-state index contributed by atoms with van der Waals surface area (Å²) in [6.07, 6.45) is 0. The van der Waals surface area contributed by atoms with E-state index < -0.39 is 17.9 Å². The minimum atomic E-state index is -0.827. The van der Waals surface area contributed by atoms with Crippen LogP contribution in [0.1, 0.15) is 41.5 Å². The van der Waals surface area contributed by atoms with Crippen LogP contribution < -0.4 is 11.1 Å². The zero-order valence-corrected chi connectivity index (χ0v) is 13.7. The smallest absolute Gasteiger partial charge is 0.262 e. The summed E-state index contributed by atoms with van der Waals surface area (Å²) in [5.41, 5.74) is 6.25. The van der Waals surface area contributed by atoms with Crippen LogP contribution in [0.4, 0.5) is 0 Å². The van der Waals surface area contributed by atoms with Crippen molar-refractivity contribution in [3.63, 3.8) is 0 Å². The lowest BCUT2D eigenvalue weighted by Gasteiger charge is -2.28. The fraction of sp³-hybridized carbons (Fsp3) is 0.471. The first kappa shape index (κ1) is 17.1. The molecular formula is C17H23N3O3. The average molecular weight is 317 g/mol. The number of nitrogens with zero attached hydrogens (tertiary/aromatic N) is 1. The van der Waals surface area contributed by atoms with E-state index >= 15 is 0 Å². The minimum Gasteiger partial charge on any atom is -0.354 e. The van der Waals surface area contributed by atoms with Crippen molar-refractivity contribution >= 4 is 17.7 Å². The standard InChI is InChI=1S/C17H23N3O3/c1-10(2)14(15(21)19-9-11(3)8-18)20-16(22)12-6-4-5-7-13(12)17(20)23/h4-7,10-11,14H,8-9,18H2,1-3H3,(H,19,21). The van der Waals surface area contributed by atoms with Gasteiger partial charge in [0.25, 0.3) is 11.8 Å². The number of rotatable bonds is 6. The molecule has 1 aliphatic rings. The molecule has 0 aromatic heterocycles. The van der Waals surface area contributed by atoms with E-state index in [-0.39, 0.29) is 17.7 Å². The van der Waals surface area contributed by atoms with E-state index in [4.69, 9.17) is 5.73 Å². The summed E-state index contributed by atoms with van der Waals surface area (Å²) in [7, 11) is 0. The Labute approximate surface area is 136 Å². The molecule has 2 unspecified atom stereocenters. The summed E-state index contributed by atoms with van der Waals surface area (Å²) in [5.74, 6) is -1.20. The Morgan fingerprint density at radius 1 is 1.13 bits per heavy atom. The van der Waals surface area contributed by atoms with Crippen molar-refractivity contribution in [1.29, 1.82) is 0 Å². The highest BCUT2D eigenvalue weighted by molar-refractivity contribution is 6.22. The fourth-order valence-corrected chi connectivity index (χ4v) is 2.64. The normalized spacial score (nSPS) is 16.5. The molecule has 1 aromatic rings. The van der Waals surface area contributed by atoms with E-state index in [1.54, 1.807) is 24.3 Å². The van der Waals surface area contributed by atoms with Gasteiger partial charge in [-0.2, -0.15) is 0 Å². The molecule has 1 aliphatic heterocycles. The first-order valence-electron chi connectivity index (χ1n) is 7.83. The lowest BCUT2D eigenvalue weighted by Crippen LogP contribution is -2.53. The maximum absolute atomic E-state index is 12.6. The Bertz CT molecular complexity index is 592. The largest absolute Gasteiger partial charge is 0.354 e. The average Bonchev–Trinajstić information content (AvgIpc) is 2.78. The number of imide groups is 1. The van der Waals surface area contributed by atoms with Crippen LogP contribution in [0.2, 0.25) is 0 Å². The molecule has 3 N–H and O–H groups in total. The van der Waals surface area contributed by atoms with Crippen LogP contribution in [-0.4, -0.2) is 41.8 Å². The third-order valence-electron chi connectivity index (χ3n) is 4.03. The summed E-state index contributed by atoms with van der Waals surface area (Å²) in [5, 5.41) is 2.79. The minimum absolute atomic E-state index is 0.133. The van der Waals surface area contributed by atoms with Gasteiger partial charge in [0.1, 0.15) is 6.04 Å². The Hall–Kier alpha value is -2.21. The molecule has 0 saturated heterocycles. The third kappa shape index (κ3) is 3.27. The predicted octanol–water partition coefficient (Wildman–Crippen LogP) is 1.02. The SMILES string of the molecule is CC(CN)CNC(=O)C(C(C)C)N1C(=O)c2ccccc2C1=O. The van der Waals surface area contributed by atoms with Crippen molar-refractivity contribution in [2.75, 3.05) is 13.1 Å². The molecule has 0 radical (unpaired) electrons. The van der Waals surface area contributed by atoms with Gasteiger partial charge in [-0.05, 0) is 30.5 Å². The van der Waals surface area contributed by atoms with Crippen LogP contribution in [0.3, 0.4) is 0 Å². The second kappa shape index (κ2) is 6.91. The number of fused-ring (bicyclic) bond motifs is 1. The van der Waals surface area contributed by atoms with E-state index in [9.17, 15) is 14.4 Å². The number of amides is 3. The third-order valence-corrected chi connectivity index (χ3v) is 4.03. The topological polar surface area (TPSA) is 92.5 Å². The molecule has 2 rings (SSSR count). The number of carbonyl (C=O) groups excluding carboxylic acids is 3. The van der Waals surface area contributed by atoms with E-state index in [2.05, 4.69) is 5.32 Å². The summed E-state index contributed by atoms with van der Waals surface area (Å²) < 4.78 is 0. The second-order valence-corrected chi connectivity index (χ2v) is 6.30. The van der Waals surface area contributed by atoms with Crippen molar-refractivity contribution in [3.8, 4) is 0 Å². The molecule has 0 aliphatic carbocycles. The van der Waals surface area contributed by atoms with Crippen molar-refractivity contribution in [2.45, 2.75) is 26.8 Å². The van der Waals surface area contributed by atoms with Crippen LogP contribution in [-0.2, 0) is 4.79 Å². The van der Waals surface area contributed by atoms with Crippen LogP contribution in [0.5, 0.6) is 0 Å². The molecule has 23 heavy (non-hydrogen) atoms. The summed E-state index contributed by atoms with van der Waals surface area (Å²) in [6, 6.07) is 5.82. The maximum atomic E-state index is 12.6. The van der Waals surface area contributed by atoms with Crippen LogP contribution in [0.15, 0.2) is 24.3 Å². The number of carbonyl (C=O) groups is 3. The first-order valence-corrected chi connectivity index (χ1v) is 7.83. The highest BCUT2D eigenvalue weighted by Crippen LogP contribution is 2.27. The van der Waals surface area contributed by atoms with E-state index in [1.165, 1.54) is 0 Å². The highest BCUT2D eigenvalue weighted by Gasteiger charge is 2.43. The summed E-state index contributed by atoms with van der Waals surface area (Å²) in [6.45, 7) is 6.44.